The predicted octanol–water partition coefficient (Wildman–Crippen LogP) is 3.36. The van der Waals surface area contributed by atoms with Gasteiger partial charge in [-0.15, -0.1) is 11.3 Å². The van der Waals surface area contributed by atoms with Crippen LogP contribution in [0.5, 0.6) is 0 Å². The molecule has 0 bridgehead atoms. The Morgan fingerprint density at radius 3 is 2.67 bits per heavy atom. The molecule has 0 N–H and O–H groups in total. The van der Waals surface area contributed by atoms with Crippen LogP contribution in [0.15, 0.2) is 24.5 Å². The van der Waals surface area contributed by atoms with Crippen molar-refractivity contribution in [1.82, 2.24) is 9.97 Å². The van der Waals surface area contributed by atoms with Crippen LogP contribution in [0.2, 0.25) is 0 Å². The van der Waals surface area contributed by atoms with Crippen LogP contribution in [0.25, 0.3) is 10.6 Å². The largest absolute Gasteiger partial charge is 0.293 e. The van der Waals surface area contributed by atoms with Gasteiger partial charge in [0.2, 0.25) is 0 Å². The molecule has 2 heterocycles. The Bertz CT molecular complexity index is 602. The second kappa shape index (κ2) is 3.99. The van der Waals surface area contributed by atoms with Crippen LogP contribution < -0.4 is 0 Å². The molecule has 1 aliphatic carbocycles. The number of hydrogen-bond acceptors (Lipinski definition) is 4. The van der Waals surface area contributed by atoms with Gasteiger partial charge in [0.15, 0.2) is 5.78 Å². The molecule has 0 atom stereocenters. The molecule has 0 fully saturated rings. The van der Waals surface area contributed by atoms with E-state index < -0.39 is 0 Å². The standard InChI is InChI=1S/C14H14N2OS/c1-14(2)7-10-12(11(17)8-14)18-13(16-10)9-3-5-15-6-4-9/h3-6H,7-8H2,1-2H3. The van der Waals surface area contributed by atoms with Gasteiger partial charge in [-0.2, -0.15) is 0 Å². The van der Waals surface area contributed by atoms with Gasteiger partial charge < -0.3 is 0 Å². The topological polar surface area (TPSA) is 42.9 Å². The molecule has 0 saturated heterocycles. The van der Waals surface area contributed by atoms with Gasteiger partial charge in [-0.3, -0.25) is 9.78 Å². The minimum Gasteiger partial charge on any atom is -0.293 e. The third-order valence-corrected chi connectivity index (χ3v) is 4.35. The molecule has 92 valence electrons. The number of rotatable bonds is 1. The normalized spacial score (nSPS) is 17.6. The van der Waals surface area contributed by atoms with Gasteiger partial charge in [0.25, 0.3) is 0 Å². The number of Topliss-reactive ketones (excluding diaryl/α,β-unsaturated/α-hetero) is 1. The second-order valence-electron chi connectivity index (χ2n) is 5.47. The Hall–Kier alpha value is -1.55. The Morgan fingerprint density at radius 2 is 1.94 bits per heavy atom. The first-order valence-electron chi connectivity index (χ1n) is 5.98. The summed E-state index contributed by atoms with van der Waals surface area (Å²) in [5.74, 6) is 0.235. The van der Waals surface area contributed by atoms with E-state index in [1.807, 2.05) is 12.1 Å². The fourth-order valence-electron chi connectivity index (χ4n) is 2.34. The lowest BCUT2D eigenvalue weighted by Crippen LogP contribution is -2.25. The lowest BCUT2D eigenvalue weighted by Gasteiger charge is -2.26. The number of pyridine rings is 1. The van der Waals surface area contributed by atoms with Crippen LogP contribution in [-0.4, -0.2) is 15.8 Å². The SMILES string of the molecule is CC1(C)CC(=O)c2sc(-c3ccncc3)nc2C1. The van der Waals surface area contributed by atoms with Crippen LogP contribution >= 0.6 is 11.3 Å². The molecule has 2 aromatic rings. The summed E-state index contributed by atoms with van der Waals surface area (Å²) in [4.78, 5) is 21.6. The Labute approximate surface area is 110 Å². The van der Waals surface area contributed by atoms with E-state index in [4.69, 9.17) is 0 Å². The molecule has 0 spiro atoms. The predicted molar refractivity (Wildman–Crippen MR) is 71.8 cm³/mol. The molecule has 0 amide bonds. The van der Waals surface area contributed by atoms with E-state index in [2.05, 4.69) is 23.8 Å². The van der Waals surface area contributed by atoms with E-state index in [1.165, 1.54) is 11.3 Å². The van der Waals surface area contributed by atoms with Crippen LogP contribution in [0.4, 0.5) is 0 Å². The van der Waals surface area contributed by atoms with E-state index >= 15 is 0 Å². The van der Waals surface area contributed by atoms with Crippen molar-refractivity contribution in [2.24, 2.45) is 5.41 Å². The van der Waals surface area contributed by atoms with Crippen molar-refractivity contribution >= 4 is 17.1 Å². The van der Waals surface area contributed by atoms with Crippen LogP contribution in [0, 0.1) is 5.41 Å². The number of ketones is 1. The number of carbonyl (C=O) groups excluding carboxylic acids is 1. The van der Waals surface area contributed by atoms with Gasteiger partial charge in [0.05, 0.1) is 10.6 Å². The zero-order valence-corrected chi connectivity index (χ0v) is 11.3. The number of aromatic nitrogens is 2. The lowest BCUT2D eigenvalue weighted by molar-refractivity contribution is 0.0916. The van der Waals surface area contributed by atoms with Gasteiger partial charge in [0.1, 0.15) is 5.01 Å². The maximum Gasteiger partial charge on any atom is 0.175 e. The summed E-state index contributed by atoms with van der Waals surface area (Å²) in [5.41, 5.74) is 2.04. The van der Waals surface area contributed by atoms with Crippen molar-refractivity contribution in [2.45, 2.75) is 26.7 Å². The average molecular weight is 258 g/mol. The van der Waals surface area contributed by atoms with E-state index in [9.17, 15) is 4.79 Å². The molecular weight excluding hydrogens is 244 g/mol. The minimum absolute atomic E-state index is 0.0354. The summed E-state index contributed by atoms with van der Waals surface area (Å²) < 4.78 is 0. The summed E-state index contributed by atoms with van der Waals surface area (Å²) in [6.45, 7) is 4.25. The van der Waals surface area contributed by atoms with Gasteiger partial charge in [-0.25, -0.2) is 4.98 Å². The van der Waals surface area contributed by atoms with E-state index in [-0.39, 0.29) is 11.2 Å². The highest BCUT2D eigenvalue weighted by Gasteiger charge is 2.33. The van der Waals surface area contributed by atoms with Gasteiger partial charge >= 0.3 is 0 Å². The molecular formula is C14H14N2OS. The minimum atomic E-state index is 0.0354. The molecule has 3 rings (SSSR count). The molecule has 1 aliphatic rings. The number of carbonyl (C=O) groups is 1. The molecule has 0 aliphatic heterocycles. The van der Waals surface area contributed by atoms with Crippen molar-refractivity contribution in [3.8, 4) is 10.6 Å². The van der Waals surface area contributed by atoms with E-state index in [0.717, 1.165) is 27.6 Å². The summed E-state index contributed by atoms with van der Waals surface area (Å²) in [7, 11) is 0. The summed E-state index contributed by atoms with van der Waals surface area (Å²) in [6, 6.07) is 3.86. The highest BCUT2D eigenvalue weighted by molar-refractivity contribution is 7.17. The first-order valence-corrected chi connectivity index (χ1v) is 6.80. The molecule has 0 unspecified atom stereocenters. The molecule has 0 aromatic carbocycles. The van der Waals surface area contributed by atoms with E-state index in [0.29, 0.717) is 6.42 Å². The van der Waals surface area contributed by atoms with Gasteiger partial charge in [0, 0.05) is 24.4 Å². The summed E-state index contributed by atoms with van der Waals surface area (Å²) >= 11 is 1.51. The maximum atomic E-state index is 12.1. The number of thiazole rings is 1. The zero-order chi connectivity index (χ0) is 12.8. The van der Waals surface area contributed by atoms with Crippen LogP contribution in [-0.2, 0) is 6.42 Å². The van der Waals surface area contributed by atoms with Crippen LogP contribution in [0.3, 0.4) is 0 Å². The van der Waals surface area contributed by atoms with Crippen molar-refractivity contribution in [3.05, 3.63) is 35.1 Å². The first-order chi connectivity index (χ1) is 8.55. The Morgan fingerprint density at radius 1 is 1.22 bits per heavy atom. The van der Waals surface area contributed by atoms with Gasteiger partial charge in [-0.1, -0.05) is 13.8 Å². The fraction of sp³-hybridized carbons (Fsp3) is 0.357. The van der Waals surface area contributed by atoms with Crippen molar-refractivity contribution in [1.29, 1.82) is 0 Å². The fourth-order valence-corrected chi connectivity index (χ4v) is 3.36. The van der Waals surface area contributed by atoms with Crippen molar-refractivity contribution in [2.75, 3.05) is 0 Å². The van der Waals surface area contributed by atoms with Crippen LogP contribution in [0.1, 0.15) is 35.6 Å². The monoisotopic (exact) mass is 258 g/mol. The molecule has 2 aromatic heterocycles. The summed E-state index contributed by atoms with van der Waals surface area (Å²) in [6.07, 6.45) is 5.01. The quantitative estimate of drug-likeness (QED) is 0.787. The van der Waals surface area contributed by atoms with Crippen molar-refractivity contribution < 1.29 is 4.79 Å². The third kappa shape index (κ3) is 1.97. The second-order valence-corrected chi connectivity index (χ2v) is 6.47. The van der Waals surface area contributed by atoms with E-state index in [1.54, 1.807) is 12.4 Å². The third-order valence-electron chi connectivity index (χ3n) is 3.16. The highest BCUT2D eigenvalue weighted by atomic mass is 32.1. The lowest BCUT2D eigenvalue weighted by atomic mass is 9.78. The molecule has 18 heavy (non-hydrogen) atoms. The Kier molecular flexibility index (Phi) is 2.55. The summed E-state index contributed by atoms with van der Waals surface area (Å²) in [5, 5.41) is 0.924. The van der Waals surface area contributed by atoms with Gasteiger partial charge in [-0.05, 0) is 24.0 Å². The van der Waals surface area contributed by atoms with Crippen molar-refractivity contribution in [3.63, 3.8) is 0 Å². The first kappa shape index (κ1) is 11.5. The highest BCUT2D eigenvalue weighted by Crippen LogP contribution is 2.39. The maximum absolute atomic E-state index is 12.1. The molecule has 0 radical (unpaired) electrons. The molecule has 4 heteroatoms. The average Bonchev–Trinajstić information content (AvgIpc) is 2.72. The number of fused-ring (bicyclic) bond motifs is 1. The zero-order valence-electron chi connectivity index (χ0n) is 10.4. The molecule has 3 nitrogen and oxygen atoms in total. The Balaban J connectivity index is 2.06. The smallest absolute Gasteiger partial charge is 0.175 e. The number of nitrogens with zero attached hydrogens (tertiary/aromatic N) is 2. The molecule has 0 saturated carbocycles. The number of hydrogen-bond donors (Lipinski definition) is 0.